The van der Waals surface area contributed by atoms with E-state index in [-0.39, 0.29) is 34.7 Å². The lowest BCUT2D eigenvalue weighted by Crippen LogP contribution is -2.13. The van der Waals surface area contributed by atoms with Gasteiger partial charge in [0, 0.05) is 39.5 Å². The smallest absolute Gasteiger partial charge is 0.271 e. The molecule has 1 heterocycles. The monoisotopic (exact) mass is 564 g/mol. The van der Waals surface area contributed by atoms with E-state index in [1.54, 1.807) is 48.7 Å². The number of hydrogen-bond donors (Lipinski definition) is 1. The van der Waals surface area contributed by atoms with E-state index in [2.05, 4.69) is 10.4 Å². The molecule has 0 aliphatic carbocycles. The summed E-state index contributed by atoms with van der Waals surface area (Å²) in [4.78, 5) is 23.0. The number of carbonyl (C=O) groups is 1. The fraction of sp³-hybridized carbons (Fsp3) is 0.0833. The number of amides is 1. The molecular weight excluding hydrogens is 550 g/mol. The summed E-state index contributed by atoms with van der Waals surface area (Å²) >= 11 is 24.7. The molecule has 0 saturated carbocycles. The minimum Gasteiger partial charge on any atom is -0.487 e. The molecule has 0 saturated heterocycles. The predicted octanol–water partition coefficient (Wildman–Crippen LogP) is 7.28. The number of ether oxygens (including phenoxy) is 1. The van der Waals surface area contributed by atoms with Crippen molar-refractivity contribution in [3.63, 3.8) is 0 Å². The molecule has 4 aromatic rings. The fourth-order valence-electron chi connectivity index (χ4n) is 3.22. The molecule has 12 heteroatoms. The fourth-order valence-corrected chi connectivity index (χ4v) is 4.17. The van der Waals surface area contributed by atoms with Gasteiger partial charge in [0.1, 0.15) is 17.4 Å². The van der Waals surface area contributed by atoms with E-state index in [1.807, 2.05) is 0 Å². The van der Waals surface area contributed by atoms with Gasteiger partial charge in [-0.1, -0.05) is 64.6 Å². The lowest BCUT2D eigenvalue weighted by molar-refractivity contribution is -0.384. The van der Waals surface area contributed by atoms with E-state index >= 15 is 0 Å². The number of benzene rings is 3. The SMILES string of the molecule is O=C(Nc1nn(Cc2c(Cl)cccc2Cl)cc1Cl)c1ccc(COc2ccc([N+](=O)[O-])cc2Cl)cc1. The van der Waals surface area contributed by atoms with Crippen molar-refractivity contribution < 1.29 is 14.5 Å². The van der Waals surface area contributed by atoms with Crippen LogP contribution in [0.3, 0.4) is 0 Å². The molecule has 8 nitrogen and oxygen atoms in total. The van der Waals surface area contributed by atoms with Crippen LogP contribution in [-0.4, -0.2) is 20.6 Å². The van der Waals surface area contributed by atoms with Crippen LogP contribution in [0.1, 0.15) is 21.5 Å². The van der Waals surface area contributed by atoms with Crippen LogP contribution in [0.2, 0.25) is 20.1 Å². The zero-order valence-electron chi connectivity index (χ0n) is 18.3. The summed E-state index contributed by atoms with van der Waals surface area (Å²) < 4.78 is 7.17. The number of non-ortho nitro benzene ring substituents is 1. The number of nitro groups is 1. The Balaban J connectivity index is 1.38. The Morgan fingerprint density at radius 2 is 1.67 bits per heavy atom. The zero-order valence-corrected chi connectivity index (χ0v) is 21.3. The first-order chi connectivity index (χ1) is 17.2. The highest BCUT2D eigenvalue weighted by molar-refractivity contribution is 6.36. The van der Waals surface area contributed by atoms with Gasteiger partial charge < -0.3 is 10.1 Å². The molecule has 0 unspecified atom stereocenters. The second-order valence-corrected chi connectivity index (χ2v) is 9.16. The van der Waals surface area contributed by atoms with Crippen molar-refractivity contribution in [1.82, 2.24) is 9.78 Å². The lowest BCUT2D eigenvalue weighted by Gasteiger charge is -2.09. The second-order valence-electron chi connectivity index (χ2n) is 7.53. The van der Waals surface area contributed by atoms with Crippen LogP contribution in [0.4, 0.5) is 11.5 Å². The van der Waals surface area contributed by atoms with Crippen molar-refractivity contribution in [3.8, 4) is 5.75 Å². The molecule has 0 radical (unpaired) electrons. The van der Waals surface area contributed by atoms with E-state index in [9.17, 15) is 14.9 Å². The largest absolute Gasteiger partial charge is 0.487 e. The van der Waals surface area contributed by atoms with Gasteiger partial charge in [0.25, 0.3) is 11.6 Å². The van der Waals surface area contributed by atoms with Crippen LogP contribution in [0.25, 0.3) is 0 Å². The summed E-state index contributed by atoms with van der Waals surface area (Å²) in [5, 5.41) is 19.2. The van der Waals surface area contributed by atoms with Gasteiger partial charge in [-0.15, -0.1) is 0 Å². The summed E-state index contributed by atoms with van der Waals surface area (Å²) in [5.41, 5.74) is 1.71. The highest BCUT2D eigenvalue weighted by Gasteiger charge is 2.15. The second kappa shape index (κ2) is 11.2. The van der Waals surface area contributed by atoms with Crippen molar-refractivity contribution in [1.29, 1.82) is 0 Å². The van der Waals surface area contributed by atoms with Gasteiger partial charge in [0.2, 0.25) is 0 Å². The number of aromatic nitrogens is 2. The Kier molecular flexibility index (Phi) is 8.01. The van der Waals surface area contributed by atoms with Gasteiger partial charge in [0.15, 0.2) is 5.82 Å². The van der Waals surface area contributed by atoms with Gasteiger partial charge in [0.05, 0.1) is 16.5 Å². The molecule has 0 bridgehead atoms. The lowest BCUT2D eigenvalue weighted by atomic mass is 10.1. The van der Waals surface area contributed by atoms with Crippen LogP contribution in [0.5, 0.6) is 5.75 Å². The molecule has 1 aromatic heterocycles. The minimum absolute atomic E-state index is 0.125. The third kappa shape index (κ3) is 6.09. The first-order valence-corrected chi connectivity index (χ1v) is 11.9. The molecular formula is C24H16Cl4N4O4. The summed E-state index contributed by atoms with van der Waals surface area (Å²) in [6.07, 6.45) is 1.57. The number of nitro benzene ring substituents is 1. The normalized spacial score (nSPS) is 10.8. The number of rotatable bonds is 8. The average molecular weight is 566 g/mol. The number of carbonyl (C=O) groups excluding carboxylic acids is 1. The highest BCUT2D eigenvalue weighted by Crippen LogP contribution is 2.30. The number of anilines is 1. The Labute approximate surface area is 225 Å². The molecule has 1 amide bonds. The molecule has 0 aliphatic heterocycles. The third-order valence-corrected chi connectivity index (χ3v) is 6.35. The first-order valence-electron chi connectivity index (χ1n) is 10.3. The molecule has 184 valence electrons. The molecule has 0 atom stereocenters. The van der Waals surface area contributed by atoms with Crippen molar-refractivity contribution >= 4 is 63.8 Å². The van der Waals surface area contributed by atoms with Crippen LogP contribution < -0.4 is 10.1 Å². The Morgan fingerprint density at radius 3 is 2.31 bits per heavy atom. The standard InChI is InChI=1S/C24H16Cl4N4O4/c25-18-2-1-3-19(26)17(18)11-31-12-21(28)23(30-31)29-24(33)15-6-4-14(5-7-15)13-36-22-9-8-16(32(34)35)10-20(22)27/h1-10,12H,11,13H2,(H,29,30,33). The number of nitrogens with zero attached hydrogens (tertiary/aromatic N) is 3. The van der Waals surface area contributed by atoms with Crippen molar-refractivity contribution in [2.75, 3.05) is 5.32 Å². The van der Waals surface area contributed by atoms with Crippen LogP contribution >= 0.6 is 46.4 Å². The van der Waals surface area contributed by atoms with Gasteiger partial charge in [-0.05, 0) is 35.9 Å². The summed E-state index contributed by atoms with van der Waals surface area (Å²) in [6, 6.07) is 15.9. The van der Waals surface area contributed by atoms with E-state index in [0.29, 0.717) is 26.9 Å². The Hall–Kier alpha value is -3.30. The Bertz CT molecular complexity index is 1420. The highest BCUT2D eigenvalue weighted by atomic mass is 35.5. The first kappa shape index (κ1) is 25.8. The molecule has 1 N–H and O–H groups in total. The molecule has 0 fully saturated rings. The van der Waals surface area contributed by atoms with Gasteiger partial charge in [-0.25, -0.2) is 0 Å². The van der Waals surface area contributed by atoms with Gasteiger partial charge >= 0.3 is 0 Å². The van der Waals surface area contributed by atoms with Crippen molar-refractivity contribution in [3.05, 3.63) is 114 Å². The quantitative estimate of drug-likeness (QED) is 0.179. The summed E-state index contributed by atoms with van der Waals surface area (Å²) in [7, 11) is 0. The van der Waals surface area contributed by atoms with E-state index in [0.717, 1.165) is 5.56 Å². The van der Waals surface area contributed by atoms with Crippen molar-refractivity contribution in [2.24, 2.45) is 0 Å². The van der Waals surface area contributed by atoms with E-state index in [4.69, 9.17) is 51.1 Å². The van der Waals surface area contributed by atoms with Gasteiger partial charge in [-0.3, -0.25) is 19.6 Å². The maximum Gasteiger partial charge on any atom is 0.271 e. The third-order valence-electron chi connectivity index (χ3n) is 5.07. The molecule has 3 aromatic carbocycles. The maximum atomic E-state index is 12.7. The summed E-state index contributed by atoms with van der Waals surface area (Å²) in [5.74, 6) is 0.112. The topological polar surface area (TPSA) is 99.3 Å². The van der Waals surface area contributed by atoms with Crippen molar-refractivity contribution in [2.45, 2.75) is 13.2 Å². The van der Waals surface area contributed by atoms with Crippen LogP contribution in [-0.2, 0) is 13.2 Å². The Morgan fingerprint density at radius 1 is 0.972 bits per heavy atom. The maximum absolute atomic E-state index is 12.7. The van der Waals surface area contributed by atoms with E-state index < -0.39 is 10.8 Å². The average Bonchev–Trinajstić information content (AvgIpc) is 3.19. The van der Waals surface area contributed by atoms with Crippen LogP contribution in [0.15, 0.2) is 66.9 Å². The molecule has 0 aliphatic rings. The van der Waals surface area contributed by atoms with Gasteiger partial charge in [-0.2, -0.15) is 5.10 Å². The summed E-state index contributed by atoms with van der Waals surface area (Å²) in [6.45, 7) is 0.432. The molecule has 4 rings (SSSR count). The van der Waals surface area contributed by atoms with Crippen LogP contribution in [0, 0.1) is 10.1 Å². The zero-order chi connectivity index (χ0) is 25.8. The number of nitrogens with one attached hydrogen (secondary N) is 1. The van der Waals surface area contributed by atoms with E-state index in [1.165, 1.54) is 22.9 Å². The predicted molar refractivity (Wildman–Crippen MR) is 140 cm³/mol. The minimum atomic E-state index is -0.536. The number of halogens is 4. The number of hydrogen-bond acceptors (Lipinski definition) is 5. The molecule has 36 heavy (non-hydrogen) atoms. The molecule has 0 spiro atoms.